The zero-order valence-corrected chi connectivity index (χ0v) is 12.6. The minimum atomic E-state index is -0.270. The lowest BCUT2D eigenvalue weighted by Gasteiger charge is -2.35. The predicted molar refractivity (Wildman–Crippen MR) is 88.9 cm³/mol. The van der Waals surface area contributed by atoms with Crippen molar-refractivity contribution in [2.45, 2.75) is 6.04 Å². The molecule has 116 valence electrons. The average Bonchev–Trinajstić information content (AvgIpc) is 2.62. The van der Waals surface area contributed by atoms with Crippen LogP contribution >= 0.6 is 0 Å². The third kappa shape index (κ3) is 2.64. The number of hydrogen-bond donors (Lipinski definition) is 1. The van der Waals surface area contributed by atoms with E-state index in [2.05, 4.69) is 32.3 Å². The summed E-state index contributed by atoms with van der Waals surface area (Å²) in [5, 5.41) is 4.02. The first-order valence-electron chi connectivity index (χ1n) is 7.75. The molecule has 0 amide bonds. The van der Waals surface area contributed by atoms with Crippen LogP contribution in [0.5, 0.6) is 0 Å². The van der Waals surface area contributed by atoms with Gasteiger partial charge in [-0.05, 0) is 17.7 Å². The predicted octanol–water partition coefficient (Wildman–Crippen LogP) is 2.92. The standard InChI is InChI=1S/C18H17FN4/c19-14-7-4-8-15-17(14)18(22-12-21-15)23-10-9-20-16(11-23)13-5-2-1-3-6-13/h1-8,12,16,20H,9-11H2/t16-/m0/s1. The normalized spacial score (nSPS) is 18.3. The molecule has 23 heavy (non-hydrogen) atoms. The number of hydrogen-bond acceptors (Lipinski definition) is 4. The highest BCUT2D eigenvalue weighted by Gasteiger charge is 2.23. The van der Waals surface area contributed by atoms with Crippen LogP contribution in [0.15, 0.2) is 54.9 Å². The number of nitrogens with one attached hydrogen (secondary N) is 1. The lowest BCUT2D eigenvalue weighted by atomic mass is 10.0. The molecule has 1 N–H and O–H groups in total. The number of halogens is 1. The van der Waals surface area contributed by atoms with Gasteiger partial charge in [-0.3, -0.25) is 0 Å². The summed E-state index contributed by atoms with van der Waals surface area (Å²) in [6.07, 6.45) is 1.51. The summed E-state index contributed by atoms with van der Waals surface area (Å²) >= 11 is 0. The molecule has 3 aromatic rings. The van der Waals surface area contributed by atoms with E-state index in [1.165, 1.54) is 18.0 Å². The van der Waals surface area contributed by atoms with Crippen molar-refractivity contribution in [1.82, 2.24) is 15.3 Å². The van der Waals surface area contributed by atoms with Crippen LogP contribution < -0.4 is 10.2 Å². The summed E-state index contributed by atoms with van der Waals surface area (Å²) < 4.78 is 14.3. The maximum Gasteiger partial charge on any atom is 0.142 e. The maximum atomic E-state index is 14.3. The van der Waals surface area contributed by atoms with Crippen LogP contribution in [0.25, 0.3) is 10.9 Å². The fraction of sp³-hybridized carbons (Fsp3) is 0.222. The van der Waals surface area contributed by atoms with Crippen molar-refractivity contribution in [1.29, 1.82) is 0 Å². The number of aromatic nitrogens is 2. The minimum absolute atomic E-state index is 0.210. The van der Waals surface area contributed by atoms with E-state index in [0.717, 1.165) is 19.6 Å². The molecule has 5 heteroatoms. The number of anilines is 1. The van der Waals surface area contributed by atoms with Gasteiger partial charge in [0.1, 0.15) is 18.0 Å². The second-order valence-corrected chi connectivity index (χ2v) is 5.69. The molecule has 1 saturated heterocycles. The van der Waals surface area contributed by atoms with E-state index in [-0.39, 0.29) is 11.9 Å². The van der Waals surface area contributed by atoms with Gasteiger partial charge in [0.25, 0.3) is 0 Å². The van der Waals surface area contributed by atoms with Crippen molar-refractivity contribution in [3.63, 3.8) is 0 Å². The third-order valence-corrected chi connectivity index (χ3v) is 4.27. The van der Waals surface area contributed by atoms with Gasteiger partial charge >= 0.3 is 0 Å². The molecule has 1 fully saturated rings. The molecule has 0 saturated carbocycles. The Hall–Kier alpha value is -2.53. The van der Waals surface area contributed by atoms with E-state index < -0.39 is 0 Å². The van der Waals surface area contributed by atoms with E-state index in [9.17, 15) is 4.39 Å². The van der Waals surface area contributed by atoms with E-state index in [1.807, 2.05) is 24.3 Å². The fourth-order valence-electron chi connectivity index (χ4n) is 3.14. The van der Waals surface area contributed by atoms with Crippen molar-refractivity contribution in [2.75, 3.05) is 24.5 Å². The molecule has 0 radical (unpaired) electrons. The summed E-state index contributed by atoms with van der Waals surface area (Å²) in [6, 6.07) is 15.5. The highest BCUT2D eigenvalue weighted by atomic mass is 19.1. The summed E-state index contributed by atoms with van der Waals surface area (Å²) in [4.78, 5) is 10.7. The molecule has 4 rings (SSSR count). The first-order chi connectivity index (χ1) is 11.3. The first-order valence-corrected chi connectivity index (χ1v) is 7.75. The van der Waals surface area contributed by atoms with Gasteiger partial charge in [0.15, 0.2) is 0 Å². The Morgan fingerprint density at radius 2 is 1.91 bits per heavy atom. The van der Waals surface area contributed by atoms with Crippen LogP contribution in [0.3, 0.4) is 0 Å². The first kappa shape index (κ1) is 14.1. The van der Waals surface area contributed by atoms with Crippen molar-refractivity contribution in [3.8, 4) is 0 Å². The van der Waals surface area contributed by atoms with Gasteiger partial charge < -0.3 is 10.2 Å². The van der Waals surface area contributed by atoms with Crippen LogP contribution in [0.2, 0.25) is 0 Å². The zero-order valence-electron chi connectivity index (χ0n) is 12.6. The molecule has 0 bridgehead atoms. The number of rotatable bonds is 2. The van der Waals surface area contributed by atoms with Crippen LogP contribution in [0, 0.1) is 5.82 Å². The van der Waals surface area contributed by atoms with Crippen molar-refractivity contribution >= 4 is 16.7 Å². The lowest BCUT2D eigenvalue weighted by Crippen LogP contribution is -2.46. The topological polar surface area (TPSA) is 41.1 Å². The van der Waals surface area contributed by atoms with Gasteiger partial charge in [-0.15, -0.1) is 0 Å². The Bertz CT molecular complexity index is 816. The Morgan fingerprint density at radius 1 is 1.04 bits per heavy atom. The molecule has 1 aliphatic heterocycles. The summed E-state index contributed by atoms with van der Waals surface area (Å²) in [6.45, 7) is 2.38. The number of nitrogens with zero attached hydrogens (tertiary/aromatic N) is 3. The number of piperazine rings is 1. The third-order valence-electron chi connectivity index (χ3n) is 4.27. The average molecular weight is 308 g/mol. The fourth-order valence-corrected chi connectivity index (χ4v) is 3.14. The molecule has 2 heterocycles. The summed E-state index contributed by atoms with van der Waals surface area (Å²) in [7, 11) is 0. The number of benzene rings is 2. The van der Waals surface area contributed by atoms with Crippen LogP contribution in [-0.4, -0.2) is 29.6 Å². The second kappa shape index (κ2) is 5.93. The van der Waals surface area contributed by atoms with Crippen molar-refractivity contribution in [2.24, 2.45) is 0 Å². The molecule has 0 aliphatic carbocycles. The highest BCUT2D eigenvalue weighted by Crippen LogP contribution is 2.28. The van der Waals surface area contributed by atoms with Gasteiger partial charge in [-0.1, -0.05) is 36.4 Å². The summed E-state index contributed by atoms with van der Waals surface area (Å²) in [5.74, 6) is 0.406. The Labute approximate surface area is 134 Å². The van der Waals surface area contributed by atoms with Crippen LogP contribution in [0.4, 0.5) is 10.2 Å². The zero-order chi connectivity index (χ0) is 15.6. The maximum absolute atomic E-state index is 14.3. The van der Waals surface area contributed by atoms with Gasteiger partial charge in [-0.25, -0.2) is 14.4 Å². The molecule has 1 aliphatic rings. The van der Waals surface area contributed by atoms with Gasteiger partial charge in [0.05, 0.1) is 10.9 Å². The van der Waals surface area contributed by atoms with E-state index in [1.54, 1.807) is 6.07 Å². The largest absolute Gasteiger partial charge is 0.353 e. The molecule has 0 unspecified atom stereocenters. The minimum Gasteiger partial charge on any atom is -0.353 e. The second-order valence-electron chi connectivity index (χ2n) is 5.69. The monoisotopic (exact) mass is 308 g/mol. The van der Waals surface area contributed by atoms with E-state index in [0.29, 0.717) is 16.7 Å². The lowest BCUT2D eigenvalue weighted by molar-refractivity contribution is 0.470. The Balaban J connectivity index is 1.71. The van der Waals surface area contributed by atoms with E-state index >= 15 is 0 Å². The molecule has 4 nitrogen and oxygen atoms in total. The molecular weight excluding hydrogens is 291 g/mol. The molecule has 0 spiro atoms. The SMILES string of the molecule is Fc1cccc2ncnc(N3CCN[C@H](c4ccccc4)C3)c12. The van der Waals surface area contributed by atoms with Crippen LogP contribution in [-0.2, 0) is 0 Å². The molecule has 1 aromatic heterocycles. The number of fused-ring (bicyclic) bond motifs is 1. The Morgan fingerprint density at radius 3 is 2.78 bits per heavy atom. The molecular formula is C18H17FN4. The molecule has 2 aromatic carbocycles. The van der Waals surface area contributed by atoms with Crippen LogP contribution in [0.1, 0.15) is 11.6 Å². The van der Waals surface area contributed by atoms with Gasteiger partial charge in [-0.2, -0.15) is 0 Å². The molecule has 1 atom stereocenters. The smallest absolute Gasteiger partial charge is 0.142 e. The van der Waals surface area contributed by atoms with Gasteiger partial charge in [0.2, 0.25) is 0 Å². The van der Waals surface area contributed by atoms with E-state index in [4.69, 9.17) is 0 Å². The van der Waals surface area contributed by atoms with Gasteiger partial charge in [0, 0.05) is 25.7 Å². The summed E-state index contributed by atoms with van der Waals surface area (Å²) in [5.41, 5.74) is 1.88. The Kier molecular flexibility index (Phi) is 3.63. The van der Waals surface area contributed by atoms with Crippen molar-refractivity contribution < 1.29 is 4.39 Å². The quantitative estimate of drug-likeness (QED) is 0.790. The highest BCUT2D eigenvalue weighted by molar-refractivity contribution is 5.89. The van der Waals surface area contributed by atoms with Crippen molar-refractivity contribution in [3.05, 3.63) is 66.2 Å².